The van der Waals surface area contributed by atoms with Crippen LogP contribution in [0.15, 0.2) is 46.3 Å². The summed E-state index contributed by atoms with van der Waals surface area (Å²) >= 11 is 2.26. The predicted octanol–water partition coefficient (Wildman–Crippen LogP) is 1.84. The highest BCUT2D eigenvalue weighted by atomic mass is 127. The van der Waals surface area contributed by atoms with Gasteiger partial charge in [-0.1, -0.05) is 19.9 Å². The third-order valence-corrected chi connectivity index (χ3v) is 5.70. The average molecular weight is 574 g/mol. The number of imidazole rings is 1. The molecule has 3 heterocycles. The molecule has 178 valence electrons. The van der Waals surface area contributed by atoms with Gasteiger partial charge in [0.25, 0.3) is 0 Å². The van der Waals surface area contributed by atoms with E-state index in [2.05, 4.69) is 61.7 Å². The molecule has 0 saturated carbocycles. The van der Waals surface area contributed by atoms with Crippen molar-refractivity contribution >= 4 is 45.8 Å². The maximum absolute atomic E-state index is 11.5. The fourth-order valence-corrected chi connectivity index (χ4v) is 4.35. The quantitative estimate of drug-likeness (QED) is 0.250. The predicted molar refractivity (Wildman–Crippen MR) is 140 cm³/mol. The zero-order valence-electron chi connectivity index (χ0n) is 19.4. The molecule has 0 unspecified atom stereocenters. The van der Waals surface area contributed by atoms with Crippen LogP contribution in [0.5, 0.6) is 5.88 Å². The van der Waals surface area contributed by atoms with Crippen LogP contribution in [0.4, 0.5) is 11.5 Å². The van der Waals surface area contributed by atoms with Crippen molar-refractivity contribution in [2.75, 3.05) is 32.5 Å². The molecule has 0 radical (unpaired) electrons. The van der Waals surface area contributed by atoms with Gasteiger partial charge in [0, 0.05) is 33.6 Å². The first-order valence-corrected chi connectivity index (χ1v) is 11.8. The maximum Gasteiger partial charge on any atom is 0.326 e. The van der Waals surface area contributed by atoms with Crippen LogP contribution in [-0.4, -0.2) is 61.8 Å². The van der Waals surface area contributed by atoms with E-state index in [1.807, 2.05) is 44.4 Å². The van der Waals surface area contributed by atoms with Crippen molar-refractivity contribution in [3.8, 4) is 5.88 Å². The zero-order valence-corrected chi connectivity index (χ0v) is 21.6. The van der Waals surface area contributed by atoms with E-state index in [0.29, 0.717) is 28.7 Å². The minimum Gasteiger partial charge on any atom is -0.493 e. The number of hydrogen-bond donors (Lipinski definition) is 4. The number of anilines is 2. The highest BCUT2D eigenvalue weighted by Crippen LogP contribution is 2.18. The second kappa shape index (κ2) is 9.58. The molecular formula is C23H27IN8O2. The maximum atomic E-state index is 11.5. The number of H-pyrrole nitrogens is 2. The summed E-state index contributed by atoms with van der Waals surface area (Å²) in [7, 11) is 4.10. The summed E-state index contributed by atoms with van der Waals surface area (Å²) in [5.74, 6) is 0.369. The van der Waals surface area contributed by atoms with E-state index in [-0.39, 0.29) is 17.0 Å². The second-order valence-electron chi connectivity index (χ2n) is 9.17. The van der Waals surface area contributed by atoms with Crippen LogP contribution in [0.2, 0.25) is 0 Å². The molecule has 1 aromatic carbocycles. The SMILES string of the molecule is CN(C)CC(C)(C)CN=c1cc(Nc2cccc(I)c2)nc2c(=Cc3[nH]c(=O)[nH]c3O)cnn12. The molecule has 0 fully saturated rings. The molecule has 34 heavy (non-hydrogen) atoms. The Morgan fingerprint density at radius 1 is 1.29 bits per heavy atom. The van der Waals surface area contributed by atoms with Gasteiger partial charge < -0.3 is 20.3 Å². The number of nitrogens with one attached hydrogen (secondary N) is 3. The number of aromatic amines is 2. The molecule has 0 spiro atoms. The van der Waals surface area contributed by atoms with E-state index in [1.54, 1.807) is 16.8 Å². The third kappa shape index (κ3) is 5.65. The Kier molecular flexibility index (Phi) is 6.75. The van der Waals surface area contributed by atoms with E-state index in [1.165, 1.54) is 0 Å². The topological polar surface area (TPSA) is 127 Å². The summed E-state index contributed by atoms with van der Waals surface area (Å²) in [6.45, 7) is 5.83. The van der Waals surface area contributed by atoms with Crippen molar-refractivity contribution in [1.29, 1.82) is 0 Å². The lowest BCUT2D eigenvalue weighted by atomic mass is 9.93. The smallest absolute Gasteiger partial charge is 0.326 e. The molecule has 0 aliphatic heterocycles. The monoisotopic (exact) mass is 574 g/mol. The lowest BCUT2D eigenvalue weighted by Crippen LogP contribution is -2.32. The first kappa shape index (κ1) is 24.0. The number of fused-ring (bicyclic) bond motifs is 1. The van der Waals surface area contributed by atoms with Gasteiger partial charge in [-0.25, -0.2) is 9.78 Å². The molecule has 10 nitrogen and oxygen atoms in total. The average Bonchev–Trinajstić information content (AvgIpc) is 3.28. The van der Waals surface area contributed by atoms with Gasteiger partial charge in [0.05, 0.1) is 6.20 Å². The van der Waals surface area contributed by atoms with Gasteiger partial charge >= 0.3 is 5.69 Å². The minimum atomic E-state index is -0.493. The van der Waals surface area contributed by atoms with Crippen LogP contribution < -0.4 is 21.7 Å². The molecule has 4 N–H and O–H groups in total. The second-order valence-corrected chi connectivity index (χ2v) is 10.4. The van der Waals surface area contributed by atoms with Crippen molar-refractivity contribution in [3.63, 3.8) is 0 Å². The molecule has 0 bridgehead atoms. The Balaban J connectivity index is 1.86. The number of nitrogens with zero attached hydrogens (tertiary/aromatic N) is 5. The Morgan fingerprint density at radius 2 is 2.09 bits per heavy atom. The van der Waals surface area contributed by atoms with Gasteiger partial charge in [-0.3, -0.25) is 9.98 Å². The van der Waals surface area contributed by atoms with E-state index in [9.17, 15) is 9.90 Å². The van der Waals surface area contributed by atoms with Crippen LogP contribution >= 0.6 is 22.6 Å². The van der Waals surface area contributed by atoms with E-state index in [0.717, 1.165) is 15.8 Å². The molecule has 4 rings (SSSR count). The summed E-state index contributed by atoms with van der Waals surface area (Å²) in [5.41, 5.74) is 1.81. The van der Waals surface area contributed by atoms with Crippen LogP contribution in [0.3, 0.4) is 0 Å². The van der Waals surface area contributed by atoms with Crippen molar-refractivity contribution in [3.05, 3.63) is 67.0 Å². The van der Waals surface area contributed by atoms with E-state index in [4.69, 9.17) is 9.98 Å². The summed E-state index contributed by atoms with van der Waals surface area (Å²) in [5, 5.41) is 18.4. The molecule has 11 heteroatoms. The molecule has 4 aromatic rings. The molecule has 0 amide bonds. The first-order chi connectivity index (χ1) is 16.1. The van der Waals surface area contributed by atoms with Crippen LogP contribution in [0.1, 0.15) is 19.5 Å². The van der Waals surface area contributed by atoms with Crippen molar-refractivity contribution in [1.82, 2.24) is 29.5 Å². The van der Waals surface area contributed by atoms with Crippen molar-refractivity contribution in [2.45, 2.75) is 13.8 Å². The molecule has 0 aliphatic rings. The van der Waals surface area contributed by atoms with Gasteiger partial charge in [-0.05, 0) is 66.4 Å². The summed E-state index contributed by atoms with van der Waals surface area (Å²) in [4.78, 5) is 28.2. The summed E-state index contributed by atoms with van der Waals surface area (Å²) < 4.78 is 2.77. The van der Waals surface area contributed by atoms with Crippen LogP contribution in [0.25, 0.3) is 11.7 Å². The van der Waals surface area contributed by atoms with Gasteiger partial charge in [0.15, 0.2) is 11.1 Å². The Hall–Kier alpha value is -3.19. The standard InChI is InChI=1S/C23H27IN8O2/c1-23(2,13-31(3)4)12-25-19-10-18(27-16-7-5-6-15(24)9-16)29-20-14(11-26-32(19)20)8-17-21(33)30-22(34)28-17/h5-11,27,33H,12-13H2,1-4H3,(H2,28,30,34). The van der Waals surface area contributed by atoms with Gasteiger partial charge in [0.1, 0.15) is 11.5 Å². The lowest BCUT2D eigenvalue weighted by molar-refractivity contribution is 0.247. The van der Waals surface area contributed by atoms with Crippen LogP contribution in [0, 0.1) is 8.99 Å². The highest BCUT2D eigenvalue weighted by molar-refractivity contribution is 14.1. The minimum absolute atomic E-state index is 0.0409. The van der Waals surface area contributed by atoms with Gasteiger partial charge in [0.2, 0.25) is 5.88 Å². The van der Waals surface area contributed by atoms with Crippen LogP contribution in [-0.2, 0) is 0 Å². The van der Waals surface area contributed by atoms with E-state index < -0.39 is 5.69 Å². The zero-order chi connectivity index (χ0) is 24.5. The van der Waals surface area contributed by atoms with Crippen molar-refractivity contribution < 1.29 is 5.11 Å². The first-order valence-electron chi connectivity index (χ1n) is 10.7. The molecule has 0 atom stereocenters. The normalized spacial score (nSPS) is 13.4. The Bertz CT molecular complexity index is 1500. The number of hydrogen-bond acceptors (Lipinski definition) is 7. The largest absolute Gasteiger partial charge is 0.493 e. The number of aromatic nitrogens is 5. The Labute approximate surface area is 209 Å². The molecular weight excluding hydrogens is 547 g/mol. The van der Waals surface area contributed by atoms with Crippen molar-refractivity contribution in [2.24, 2.45) is 10.4 Å². The van der Waals surface area contributed by atoms with E-state index >= 15 is 0 Å². The molecule has 3 aromatic heterocycles. The number of aromatic hydroxyl groups is 1. The highest BCUT2D eigenvalue weighted by Gasteiger charge is 2.18. The summed E-state index contributed by atoms with van der Waals surface area (Å²) in [6, 6.07) is 9.85. The Morgan fingerprint density at radius 3 is 2.76 bits per heavy atom. The number of rotatable bonds is 7. The molecule has 0 saturated heterocycles. The number of halogens is 1. The fraction of sp³-hybridized carbons (Fsp3) is 0.304. The van der Waals surface area contributed by atoms with Gasteiger partial charge in [-0.15, -0.1) is 0 Å². The fourth-order valence-electron chi connectivity index (χ4n) is 3.81. The van der Waals surface area contributed by atoms with Gasteiger partial charge in [-0.2, -0.15) is 9.61 Å². The molecule has 0 aliphatic carbocycles. The third-order valence-electron chi connectivity index (χ3n) is 5.03. The number of benzene rings is 1. The lowest BCUT2D eigenvalue weighted by Gasteiger charge is -2.26. The summed E-state index contributed by atoms with van der Waals surface area (Å²) in [6.07, 6.45) is 3.25.